The Bertz CT molecular complexity index is 387. The lowest BCUT2D eigenvalue weighted by Crippen LogP contribution is -2.26. The average Bonchev–Trinajstić information content (AvgIpc) is 2.82. The van der Waals surface area contributed by atoms with Crippen molar-refractivity contribution in [2.45, 2.75) is 25.5 Å². The largest absolute Gasteiger partial charge is 0.375 e. The lowest BCUT2D eigenvalue weighted by atomic mass is 10.1. The van der Waals surface area contributed by atoms with Crippen LogP contribution in [0.25, 0.3) is 0 Å². The third-order valence-corrected chi connectivity index (χ3v) is 3.02. The number of amides is 1. The number of carbonyl (C=O) groups is 1. The Morgan fingerprint density at radius 3 is 3.00 bits per heavy atom. The normalized spacial score (nSPS) is 19.4. The van der Waals surface area contributed by atoms with Gasteiger partial charge in [-0.25, -0.2) is 0 Å². The van der Waals surface area contributed by atoms with Gasteiger partial charge in [0, 0.05) is 11.6 Å². The van der Waals surface area contributed by atoms with Crippen molar-refractivity contribution in [3.8, 4) is 0 Å². The second-order valence-electron chi connectivity index (χ2n) is 4.33. The average molecular weight is 234 g/mol. The number of benzene rings is 1. The van der Waals surface area contributed by atoms with Crippen molar-refractivity contribution in [2.24, 2.45) is 5.73 Å². The van der Waals surface area contributed by atoms with E-state index < -0.39 is 5.91 Å². The molecule has 2 rings (SSSR count). The summed E-state index contributed by atoms with van der Waals surface area (Å²) in [5, 5.41) is 3.36. The van der Waals surface area contributed by atoms with Gasteiger partial charge < -0.3 is 15.8 Å². The number of primary amides is 1. The minimum Gasteiger partial charge on any atom is -0.375 e. The van der Waals surface area contributed by atoms with Crippen LogP contribution in [0, 0.1) is 0 Å². The third kappa shape index (κ3) is 3.28. The van der Waals surface area contributed by atoms with Crippen LogP contribution in [0.15, 0.2) is 24.3 Å². The molecule has 1 aromatic rings. The molecule has 1 aliphatic heterocycles. The molecule has 17 heavy (non-hydrogen) atoms. The first-order valence-electron chi connectivity index (χ1n) is 5.96. The van der Waals surface area contributed by atoms with Crippen LogP contribution < -0.4 is 11.1 Å². The lowest BCUT2D eigenvalue weighted by molar-refractivity contribution is 0.0957. The van der Waals surface area contributed by atoms with Gasteiger partial charge >= 0.3 is 0 Å². The van der Waals surface area contributed by atoms with E-state index in [4.69, 9.17) is 10.5 Å². The molecule has 0 radical (unpaired) electrons. The maximum Gasteiger partial charge on any atom is 0.249 e. The van der Waals surface area contributed by atoms with Crippen molar-refractivity contribution >= 4 is 5.91 Å². The molecule has 1 fully saturated rings. The van der Waals surface area contributed by atoms with Crippen molar-refractivity contribution in [3.05, 3.63) is 35.4 Å². The van der Waals surface area contributed by atoms with Gasteiger partial charge in [0.25, 0.3) is 0 Å². The molecule has 4 nitrogen and oxygen atoms in total. The molecule has 1 heterocycles. The zero-order valence-electron chi connectivity index (χ0n) is 9.82. The van der Waals surface area contributed by atoms with E-state index in [0.29, 0.717) is 24.8 Å². The highest BCUT2D eigenvalue weighted by atomic mass is 16.5. The SMILES string of the molecule is NC(=O)c1ccccc1COCC1CCCN1. The molecule has 1 aromatic carbocycles. The summed E-state index contributed by atoms with van der Waals surface area (Å²) in [4.78, 5) is 11.2. The highest BCUT2D eigenvalue weighted by molar-refractivity contribution is 5.94. The first-order chi connectivity index (χ1) is 8.27. The van der Waals surface area contributed by atoms with Gasteiger partial charge in [0.05, 0.1) is 13.2 Å². The van der Waals surface area contributed by atoms with Crippen molar-refractivity contribution < 1.29 is 9.53 Å². The van der Waals surface area contributed by atoms with Crippen LogP contribution >= 0.6 is 0 Å². The van der Waals surface area contributed by atoms with Gasteiger partial charge in [-0.3, -0.25) is 4.79 Å². The first-order valence-corrected chi connectivity index (χ1v) is 5.96. The summed E-state index contributed by atoms with van der Waals surface area (Å²) in [5.41, 5.74) is 6.71. The number of rotatable bonds is 5. The number of hydrogen-bond donors (Lipinski definition) is 2. The zero-order valence-corrected chi connectivity index (χ0v) is 9.82. The van der Waals surface area contributed by atoms with Gasteiger partial charge in [-0.05, 0) is 31.0 Å². The van der Waals surface area contributed by atoms with Gasteiger partial charge in [-0.1, -0.05) is 18.2 Å². The molecule has 0 saturated carbocycles. The van der Waals surface area contributed by atoms with Crippen molar-refractivity contribution in [3.63, 3.8) is 0 Å². The fourth-order valence-corrected chi connectivity index (χ4v) is 2.10. The Hall–Kier alpha value is -1.39. The summed E-state index contributed by atoms with van der Waals surface area (Å²) in [6, 6.07) is 7.76. The number of nitrogens with one attached hydrogen (secondary N) is 1. The number of nitrogens with two attached hydrogens (primary N) is 1. The highest BCUT2D eigenvalue weighted by Gasteiger charge is 2.14. The fourth-order valence-electron chi connectivity index (χ4n) is 2.10. The number of carbonyl (C=O) groups excluding carboxylic acids is 1. The Balaban J connectivity index is 1.87. The predicted molar refractivity (Wildman–Crippen MR) is 65.6 cm³/mol. The van der Waals surface area contributed by atoms with Crippen LogP contribution in [-0.4, -0.2) is 25.1 Å². The highest BCUT2D eigenvalue weighted by Crippen LogP contribution is 2.11. The molecule has 4 heteroatoms. The molecule has 1 unspecified atom stereocenters. The first kappa shape index (κ1) is 12.1. The Labute approximate surface area is 101 Å². The van der Waals surface area contributed by atoms with E-state index in [2.05, 4.69) is 5.32 Å². The molecule has 1 amide bonds. The molecule has 1 aliphatic rings. The van der Waals surface area contributed by atoms with E-state index in [1.807, 2.05) is 18.2 Å². The van der Waals surface area contributed by atoms with Crippen LogP contribution in [-0.2, 0) is 11.3 Å². The van der Waals surface area contributed by atoms with E-state index in [-0.39, 0.29) is 0 Å². The molecular formula is C13H18N2O2. The van der Waals surface area contributed by atoms with Gasteiger partial charge in [-0.15, -0.1) is 0 Å². The topological polar surface area (TPSA) is 64.4 Å². The minimum atomic E-state index is -0.400. The molecule has 0 bridgehead atoms. The lowest BCUT2D eigenvalue weighted by Gasteiger charge is -2.12. The quantitative estimate of drug-likeness (QED) is 0.800. The van der Waals surface area contributed by atoms with Crippen molar-refractivity contribution in [1.82, 2.24) is 5.32 Å². The molecule has 3 N–H and O–H groups in total. The van der Waals surface area contributed by atoms with E-state index >= 15 is 0 Å². The van der Waals surface area contributed by atoms with Crippen LogP contribution in [0.4, 0.5) is 0 Å². The molecule has 1 saturated heterocycles. The van der Waals surface area contributed by atoms with Crippen LogP contribution in [0.1, 0.15) is 28.8 Å². The predicted octanol–water partition coefficient (Wildman–Crippen LogP) is 1.05. The molecule has 0 aliphatic carbocycles. The van der Waals surface area contributed by atoms with Crippen LogP contribution in [0.2, 0.25) is 0 Å². The number of hydrogen-bond acceptors (Lipinski definition) is 3. The van der Waals surface area contributed by atoms with E-state index in [1.165, 1.54) is 6.42 Å². The maximum atomic E-state index is 11.2. The van der Waals surface area contributed by atoms with E-state index in [1.54, 1.807) is 6.07 Å². The summed E-state index contributed by atoms with van der Waals surface area (Å²) in [6.45, 7) is 2.20. The van der Waals surface area contributed by atoms with Crippen LogP contribution in [0.5, 0.6) is 0 Å². The smallest absolute Gasteiger partial charge is 0.249 e. The standard InChI is InChI=1S/C13H18N2O2/c14-13(16)12-6-2-1-4-10(12)8-17-9-11-5-3-7-15-11/h1-2,4,6,11,15H,3,5,7-9H2,(H2,14,16). The molecule has 0 spiro atoms. The van der Waals surface area contributed by atoms with Gasteiger partial charge in [0.2, 0.25) is 5.91 Å². The molecule has 92 valence electrons. The van der Waals surface area contributed by atoms with Gasteiger partial charge in [0.15, 0.2) is 0 Å². The second-order valence-corrected chi connectivity index (χ2v) is 4.33. The summed E-state index contributed by atoms with van der Waals surface area (Å²) < 4.78 is 5.62. The Kier molecular flexibility index (Phi) is 4.12. The Morgan fingerprint density at radius 2 is 2.29 bits per heavy atom. The van der Waals surface area contributed by atoms with E-state index in [0.717, 1.165) is 18.5 Å². The second kappa shape index (κ2) is 5.80. The number of ether oxygens (including phenoxy) is 1. The maximum absolute atomic E-state index is 11.2. The van der Waals surface area contributed by atoms with Crippen molar-refractivity contribution in [2.75, 3.05) is 13.2 Å². The summed E-state index contributed by atoms with van der Waals surface area (Å²) in [5.74, 6) is -0.400. The molecule has 0 aromatic heterocycles. The summed E-state index contributed by atoms with van der Waals surface area (Å²) >= 11 is 0. The zero-order chi connectivity index (χ0) is 12.1. The third-order valence-electron chi connectivity index (χ3n) is 3.02. The Morgan fingerprint density at radius 1 is 1.47 bits per heavy atom. The monoisotopic (exact) mass is 234 g/mol. The fraction of sp³-hybridized carbons (Fsp3) is 0.462. The van der Waals surface area contributed by atoms with Gasteiger partial charge in [-0.2, -0.15) is 0 Å². The van der Waals surface area contributed by atoms with E-state index in [9.17, 15) is 4.79 Å². The summed E-state index contributed by atoms with van der Waals surface area (Å²) in [7, 11) is 0. The minimum absolute atomic E-state index is 0.400. The van der Waals surface area contributed by atoms with Gasteiger partial charge in [0.1, 0.15) is 0 Å². The van der Waals surface area contributed by atoms with Crippen LogP contribution in [0.3, 0.4) is 0 Å². The van der Waals surface area contributed by atoms with Crippen molar-refractivity contribution in [1.29, 1.82) is 0 Å². The summed E-state index contributed by atoms with van der Waals surface area (Å²) in [6.07, 6.45) is 2.38. The molecule has 1 atom stereocenters. The molecular weight excluding hydrogens is 216 g/mol.